The number of hydrogen-bond donors (Lipinski definition) is 0. The molecule has 2 aromatic rings. The van der Waals surface area contributed by atoms with Gasteiger partial charge in [-0.2, -0.15) is 0 Å². The molecule has 19 heavy (non-hydrogen) atoms. The van der Waals surface area contributed by atoms with Crippen molar-refractivity contribution < 1.29 is 9.47 Å². The van der Waals surface area contributed by atoms with E-state index in [1.165, 1.54) is 0 Å². The number of alkyl halides is 1. The summed E-state index contributed by atoms with van der Waals surface area (Å²) in [5.41, 5.74) is 0.823. The molecule has 2 rings (SSSR count). The van der Waals surface area contributed by atoms with Crippen molar-refractivity contribution in [3.05, 3.63) is 43.5 Å². The minimum Gasteiger partial charge on any atom is -0.495 e. The van der Waals surface area contributed by atoms with Gasteiger partial charge in [-0.15, -0.1) is 22.9 Å². The molecule has 0 bridgehead atoms. The van der Waals surface area contributed by atoms with E-state index in [1.54, 1.807) is 31.6 Å². The Kier molecular flexibility index (Phi) is 5.01. The van der Waals surface area contributed by atoms with Gasteiger partial charge in [0.1, 0.15) is 16.5 Å². The average Bonchev–Trinajstić information content (AvgIpc) is 2.84. The second-order valence-corrected chi connectivity index (χ2v) is 7.02. The number of benzene rings is 1. The van der Waals surface area contributed by atoms with Crippen LogP contribution in [0.3, 0.4) is 0 Å². The summed E-state index contributed by atoms with van der Waals surface area (Å²) in [6.45, 7) is 0. The second kappa shape index (κ2) is 6.35. The molecule has 1 unspecified atom stereocenters. The van der Waals surface area contributed by atoms with E-state index in [2.05, 4.69) is 15.9 Å². The summed E-state index contributed by atoms with van der Waals surface area (Å²) in [6, 6.07) is 7.60. The Balaban J connectivity index is 2.47. The Morgan fingerprint density at radius 3 is 2.42 bits per heavy atom. The first kappa shape index (κ1) is 15.0. The van der Waals surface area contributed by atoms with Gasteiger partial charge in [0, 0.05) is 10.4 Å². The minimum absolute atomic E-state index is 0.311. The molecule has 1 aromatic heterocycles. The average molecular weight is 382 g/mol. The van der Waals surface area contributed by atoms with E-state index in [0.717, 1.165) is 14.2 Å². The Bertz CT molecular complexity index is 586. The molecule has 1 heterocycles. The molecule has 0 saturated heterocycles. The molecule has 0 N–H and O–H groups in total. The zero-order valence-electron chi connectivity index (χ0n) is 10.2. The van der Waals surface area contributed by atoms with E-state index in [0.29, 0.717) is 16.5 Å². The topological polar surface area (TPSA) is 18.5 Å². The van der Waals surface area contributed by atoms with Crippen molar-refractivity contribution in [2.24, 2.45) is 0 Å². The molecule has 0 fully saturated rings. The van der Waals surface area contributed by atoms with Gasteiger partial charge in [-0.1, -0.05) is 11.6 Å². The molecule has 1 aromatic carbocycles. The fraction of sp³-hybridized carbons (Fsp3) is 0.231. The SMILES string of the molecule is COc1ccc(C(Cl)c2ccc(Br)s2)c(OC)c1Cl. The predicted molar refractivity (Wildman–Crippen MR) is 84.3 cm³/mol. The van der Waals surface area contributed by atoms with Crippen LogP contribution in [0.4, 0.5) is 0 Å². The van der Waals surface area contributed by atoms with Gasteiger partial charge in [0.25, 0.3) is 0 Å². The molecule has 0 aliphatic rings. The van der Waals surface area contributed by atoms with Gasteiger partial charge in [-0.3, -0.25) is 0 Å². The molecule has 6 heteroatoms. The number of thiophene rings is 1. The fourth-order valence-corrected chi connectivity index (χ4v) is 3.86. The lowest BCUT2D eigenvalue weighted by Crippen LogP contribution is -1.98. The standard InChI is InChI=1S/C13H11BrCl2O2S/c1-17-8-4-3-7(13(18-2)12(8)16)11(15)9-5-6-10(14)19-9/h3-6,11H,1-2H3. The molecule has 1 atom stereocenters. The van der Waals surface area contributed by atoms with Crippen molar-refractivity contribution in [3.8, 4) is 11.5 Å². The minimum atomic E-state index is -0.311. The maximum atomic E-state index is 6.51. The van der Waals surface area contributed by atoms with Crippen molar-refractivity contribution >= 4 is 50.5 Å². The van der Waals surface area contributed by atoms with Gasteiger partial charge in [0.2, 0.25) is 0 Å². The molecule has 0 saturated carbocycles. The van der Waals surface area contributed by atoms with E-state index in [9.17, 15) is 0 Å². The van der Waals surface area contributed by atoms with E-state index in [-0.39, 0.29) is 5.38 Å². The summed E-state index contributed by atoms with van der Waals surface area (Å²) in [7, 11) is 3.13. The third-order valence-corrected chi connectivity index (χ3v) is 5.28. The van der Waals surface area contributed by atoms with Crippen LogP contribution in [0.15, 0.2) is 28.1 Å². The van der Waals surface area contributed by atoms with E-state index < -0.39 is 0 Å². The third kappa shape index (κ3) is 3.02. The van der Waals surface area contributed by atoms with Gasteiger partial charge < -0.3 is 9.47 Å². The van der Waals surface area contributed by atoms with Crippen molar-refractivity contribution in [3.63, 3.8) is 0 Å². The summed E-state index contributed by atoms with van der Waals surface area (Å²) in [5.74, 6) is 1.11. The quantitative estimate of drug-likeness (QED) is 0.650. The summed E-state index contributed by atoms with van der Waals surface area (Å²) in [5, 5.41) is 0.124. The molecule has 2 nitrogen and oxygen atoms in total. The summed E-state index contributed by atoms with van der Waals surface area (Å²) < 4.78 is 11.6. The summed E-state index contributed by atoms with van der Waals surface area (Å²) >= 11 is 17.8. The Hall–Kier alpha value is -0.420. The van der Waals surface area contributed by atoms with Gasteiger partial charge >= 0.3 is 0 Å². The summed E-state index contributed by atoms with van der Waals surface area (Å²) in [4.78, 5) is 1.02. The van der Waals surface area contributed by atoms with Crippen LogP contribution in [0.25, 0.3) is 0 Å². The van der Waals surface area contributed by atoms with Crippen LogP contribution in [0, 0.1) is 0 Å². The van der Waals surface area contributed by atoms with Gasteiger partial charge in [-0.05, 0) is 40.2 Å². The number of halogens is 3. The van der Waals surface area contributed by atoms with Gasteiger partial charge in [-0.25, -0.2) is 0 Å². The molecular formula is C13H11BrCl2O2S. The second-order valence-electron chi connectivity index (χ2n) is 3.71. The highest BCUT2D eigenvalue weighted by Gasteiger charge is 2.21. The smallest absolute Gasteiger partial charge is 0.146 e. The predicted octanol–water partition coefficient (Wildman–Crippen LogP) is 5.51. The normalized spacial score (nSPS) is 12.3. The van der Waals surface area contributed by atoms with E-state index in [1.807, 2.05) is 18.2 Å². The Morgan fingerprint density at radius 1 is 1.16 bits per heavy atom. The number of methoxy groups -OCH3 is 2. The molecule has 0 aliphatic carbocycles. The van der Waals surface area contributed by atoms with Gasteiger partial charge in [0.15, 0.2) is 0 Å². The molecule has 0 amide bonds. The maximum absolute atomic E-state index is 6.51. The lowest BCUT2D eigenvalue weighted by Gasteiger charge is -2.16. The van der Waals surface area contributed by atoms with Crippen LogP contribution in [-0.4, -0.2) is 14.2 Å². The maximum Gasteiger partial charge on any atom is 0.146 e. The highest BCUT2D eigenvalue weighted by atomic mass is 79.9. The fourth-order valence-electron chi connectivity index (χ4n) is 1.74. The van der Waals surface area contributed by atoms with Crippen molar-refractivity contribution in [2.75, 3.05) is 14.2 Å². The van der Waals surface area contributed by atoms with Crippen LogP contribution in [0.1, 0.15) is 15.8 Å². The Labute approximate surface area is 134 Å². The van der Waals surface area contributed by atoms with Crippen LogP contribution in [-0.2, 0) is 0 Å². The lowest BCUT2D eigenvalue weighted by atomic mass is 10.1. The molecule has 0 spiro atoms. The van der Waals surface area contributed by atoms with E-state index >= 15 is 0 Å². The van der Waals surface area contributed by atoms with Crippen LogP contribution in [0.5, 0.6) is 11.5 Å². The molecule has 0 radical (unpaired) electrons. The Morgan fingerprint density at radius 2 is 1.89 bits per heavy atom. The lowest BCUT2D eigenvalue weighted by molar-refractivity contribution is 0.392. The van der Waals surface area contributed by atoms with Crippen LogP contribution in [0.2, 0.25) is 5.02 Å². The molecular weight excluding hydrogens is 371 g/mol. The van der Waals surface area contributed by atoms with Gasteiger partial charge in [0.05, 0.1) is 23.4 Å². The van der Waals surface area contributed by atoms with Crippen molar-refractivity contribution in [1.29, 1.82) is 0 Å². The first-order valence-corrected chi connectivity index (χ1v) is 7.80. The van der Waals surface area contributed by atoms with Crippen molar-refractivity contribution in [2.45, 2.75) is 5.38 Å². The monoisotopic (exact) mass is 380 g/mol. The van der Waals surface area contributed by atoms with E-state index in [4.69, 9.17) is 32.7 Å². The molecule has 102 valence electrons. The number of rotatable bonds is 4. The van der Waals surface area contributed by atoms with Crippen molar-refractivity contribution in [1.82, 2.24) is 0 Å². The largest absolute Gasteiger partial charge is 0.495 e. The summed E-state index contributed by atoms with van der Waals surface area (Å²) in [6.07, 6.45) is 0. The zero-order valence-corrected chi connectivity index (χ0v) is 14.2. The zero-order chi connectivity index (χ0) is 14.0. The molecule has 0 aliphatic heterocycles. The first-order valence-electron chi connectivity index (χ1n) is 5.38. The highest BCUT2D eigenvalue weighted by Crippen LogP contribution is 2.45. The number of ether oxygens (including phenoxy) is 2. The highest BCUT2D eigenvalue weighted by molar-refractivity contribution is 9.11. The van der Waals surface area contributed by atoms with Crippen LogP contribution < -0.4 is 9.47 Å². The first-order chi connectivity index (χ1) is 9.08. The number of hydrogen-bond acceptors (Lipinski definition) is 3. The third-order valence-electron chi connectivity index (χ3n) is 2.63. The van der Waals surface area contributed by atoms with Crippen LogP contribution >= 0.6 is 50.5 Å².